The zero-order chi connectivity index (χ0) is 22.8. The number of nitrogens with zero attached hydrogens (tertiary/aromatic N) is 4. The summed E-state index contributed by atoms with van der Waals surface area (Å²) in [4.78, 5) is 13.5. The van der Waals surface area contributed by atoms with Gasteiger partial charge >= 0.3 is 0 Å². The maximum Gasteiger partial charge on any atom is 0.262 e. The number of rotatable bonds is 6. The van der Waals surface area contributed by atoms with Crippen LogP contribution in [0.25, 0.3) is 27.6 Å². The van der Waals surface area contributed by atoms with Crippen LogP contribution in [0.4, 0.5) is 5.69 Å². The van der Waals surface area contributed by atoms with Crippen molar-refractivity contribution in [3.63, 3.8) is 0 Å². The Labute approximate surface area is 194 Å². The minimum atomic E-state index is -0.227. The highest BCUT2D eigenvalue weighted by Gasteiger charge is 2.12. The molecule has 0 aliphatic rings. The molecule has 0 aliphatic heterocycles. The van der Waals surface area contributed by atoms with Gasteiger partial charge in [-0.1, -0.05) is 30.3 Å². The van der Waals surface area contributed by atoms with Crippen molar-refractivity contribution < 1.29 is 9.53 Å². The molecule has 0 saturated heterocycles. The number of hydrogen-bond acceptors (Lipinski definition) is 6. The highest BCUT2D eigenvalue weighted by atomic mass is 32.1. The summed E-state index contributed by atoms with van der Waals surface area (Å²) in [5.74, 6) is 1.19. The molecule has 0 aliphatic carbocycles. The zero-order valence-electron chi connectivity index (χ0n) is 18.1. The van der Waals surface area contributed by atoms with Crippen LogP contribution in [0, 0.1) is 13.8 Å². The van der Waals surface area contributed by atoms with E-state index in [1.54, 1.807) is 15.9 Å². The lowest BCUT2D eigenvalue weighted by molar-refractivity contribution is -0.118. The average molecular weight is 456 g/mol. The Morgan fingerprint density at radius 1 is 1.03 bits per heavy atom. The third-order valence-corrected chi connectivity index (χ3v) is 6.23. The number of benzene rings is 2. The molecule has 3 heterocycles. The molecular weight excluding hydrogens is 434 g/mol. The lowest BCUT2D eigenvalue weighted by Gasteiger charge is -2.11. The molecule has 7 nitrogen and oxygen atoms in total. The minimum absolute atomic E-state index is 0.0659. The second kappa shape index (κ2) is 8.84. The quantitative estimate of drug-likeness (QED) is 0.383. The molecule has 164 valence electrons. The lowest BCUT2D eigenvalue weighted by Crippen LogP contribution is -2.20. The van der Waals surface area contributed by atoms with E-state index in [0.29, 0.717) is 22.9 Å². The molecule has 5 rings (SSSR count). The van der Waals surface area contributed by atoms with Crippen molar-refractivity contribution in [3.05, 3.63) is 83.2 Å². The number of amides is 1. The van der Waals surface area contributed by atoms with Crippen LogP contribution < -0.4 is 10.1 Å². The predicted molar refractivity (Wildman–Crippen MR) is 130 cm³/mol. The Morgan fingerprint density at radius 3 is 2.76 bits per heavy atom. The number of nitrogens with one attached hydrogen (secondary N) is 1. The summed E-state index contributed by atoms with van der Waals surface area (Å²) in [7, 11) is 0. The van der Waals surface area contributed by atoms with E-state index in [1.807, 2.05) is 86.0 Å². The first-order valence-corrected chi connectivity index (χ1v) is 11.3. The van der Waals surface area contributed by atoms with Crippen LogP contribution in [-0.2, 0) is 4.79 Å². The zero-order valence-corrected chi connectivity index (χ0v) is 19.0. The second-order valence-corrected chi connectivity index (χ2v) is 8.55. The Kier molecular flexibility index (Phi) is 5.58. The largest absolute Gasteiger partial charge is 0.483 e. The van der Waals surface area contributed by atoms with Crippen molar-refractivity contribution in [2.75, 3.05) is 11.9 Å². The van der Waals surface area contributed by atoms with Crippen LogP contribution in [0.2, 0.25) is 0 Å². The van der Waals surface area contributed by atoms with Crippen LogP contribution in [0.5, 0.6) is 5.75 Å². The first kappa shape index (κ1) is 20.8. The van der Waals surface area contributed by atoms with Gasteiger partial charge in [0.15, 0.2) is 18.1 Å². The first-order chi connectivity index (χ1) is 16.1. The number of aromatic nitrogens is 4. The van der Waals surface area contributed by atoms with Crippen LogP contribution in [0.3, 0.4) is 0 Å². The lowest BCUT2D eigenvalue weighted by atomic mass is 10.1. The third-order valence-electron chi connectivity index (χ3n) is 5.36. The van der Waals surface area contributed by atoms with Gasteiger partial charge in [0.25, 0.3) is 5.91 Å². The van der Waals surface area contributed by atoms with E-state index >= 15 is 0 Å². The van der Waals surface area contributed by atoms with Crippen molar-refractivity contribution in [3.8, 4) is 27.7 Å². The van der Waals surface area contributed by atoms with Crippen LogP contribution in [0.1, 0.15) is 11.1 Å². The fourth-order valence-corrected chi connectivity index (χ4v) is 4.17. The van der Waals surface area contributed by atoms with Gasteiger partial charge in [-0.3, -0.25) is 4.79 Å². The SMILES string of the molecule is Cc1cccc(OCC(=O)Nc2cccc(-c3ccc4nnc(-c5cccs5)n4n3)c2)c1C. The molecule has 8 heteroatoms. The van der Waals surface area contributed by atoms with Gasteiger partial charge in [0.2, 0.25) is 0 Å². The summed E-state index contributed by atoms with van der Waals surface area (Å²) in [6, 6.07) is 21.1. The molecule has 0 fully saturated rings. The molecule has 0 unspecified atom stereocenters. The van der Waals surface area contributed by atoms with Gasteiger partial charge in [0.05, 0.1) is 10.6 Å². The summed E-state index contributed by atoms with van der Waals surface area (Å²) in [5, 5.41) is 18.1. The van der Waals surface area contributed by atoms with Gasteiger partial charge < -0.3 is 10.1 Å². The van der Waals surface area contributed by atoms with Gasteiger partial charge in [-0.15, -0.1) is 21.5 Å². The predicted octanol–water partition coefficient (Wildman–Crippen LogP) is 5.15. The van der Waals surface area contributed by atoms with Gasteiger partial charge in [-0.05, 0) is 66.8 Å². The molecule has 0 atom stereocenters. The number of ether oxygens (including phenoxy) is 1. The van der Waals surface area contributed by atoms with E-state index in [1.165, 1.54) is 0 Å². The molecular formula is C25H21N5O2S. The molecule has 1 N–H and O–H groups in total. The normalized spacial score (nSPS) is 11.0. The van der Waals surface area contributed by atoms with Crippen molar-refractivity contribution in [1.82, 2.24) is 19.8 Å². The van der Waals surface area contributed by atoms with E-state index in [4.69, 9.17) is 9.84 Å². The smallest absolute Gasteiger partial charge is 0.262 e. The van der Waals surface area contributed by atoms with Crippen LogP contribution >= 0.6 is 11.3 Å². The molecule has 0 radical (unpaired) electrons. The molecule has 0 saturated carbocycles. The fourth-order valence-electron chi connectivity index (χ4n) is 3.48. The van der Waals surface area contributed by atoms with Crippen LogP contribution in [-0.4, -0.2) is 32.3 Å². The average Bonchev–Trinajstić information content (AvgIpc) is 3.49. The summed E-state index contributed by atoms with van der Waals surface area (Å²) in [5.41, 5.74) is 5.13. The number of carbonyl (C=O) groups is 1. The van der Waals surface area contributed by atoms with Gasteiger partial charge in [-0.25, -0.2) is 0 Å². The van der Waals surface area contributed by atoms with Gasteiger partial charge in [0.1, 0.15) is 5.75 Å². The molecule has 0 bridgehead atoms. The summed E-state index contributed by atoms with van der Waals surface area (Å²) in [6.45, 7) is 3.93. The van der Waals surface area contributed by atoms with Crippen LogP contribution in [0.15, 0.2) is 72.1 Å². The van der Waals surface area contributed by atoms with Crippen molar-refractivity contribution in [2.24, 2.45) is 0 Å². The number of carbonyl (C=O) groups excluding carboxylic acids is 1. The fraction of sp³-hybridized carbons (Fsp3) is 0.120. The summed E-state index contributed by atoms with van der Waals surface area (Å²) >= 11 is 1.59. The number of aryl methyl sites for hydroxylation is 1. The highest BCUT2D eigenvalue weighted by Crippen LogP contribution is 2.26. The van der Waals surface area contributed by atoms with Crippen molar-refractivity contribution in [1.29, 1.82) is 0 Å². The number of hydrogen-bond donors (Lipinski definition) is 1. The Morgan fingerprint density at radius 2 is 1.91 bits per heavy atom. The Hall–Kier alpha value is -4.04. The first-order valence-electron chi connectivity index (χ1n) is 10.4. The maximum atomic E-state index is 12.5. The Balaban J connectivity index is 1.34. The van der Waals surface area contributed by atoms with E-state index in [-0.39, 0.29) is 12.5 Å². The molecule has 3 aromatic heterocycles. The van der Waals surface area contributed by atoms with E-state index in [0.717, 1.165) is 27.3 Å². The van der Waals surface area contributed by atoms with Gasteiger partial charge in [0, 0.05) is 11.3 Å². The second-order valence-electron chi connectivity index (χ2n) is 7.61. The minimum Gasteiger partial charge on any atom is -0.483 e. The molecule has 33 heavy (non-hydrogen) atoms. The highest BCUT2D eigenvalue weighted by molar-refractivity contribution is 7.13. The number of thiophene rings is 1. The van der Waals surface area contributed by atoms with E-state index < -0.39 is 0 Å². The third kappa shape index (κ3) is 4.33. The molecule has 2 aromatic carbocycles. The molecule has 1 amide bonds. The van der Waals surface area contributed by atoms with E-state index in [2.05, 4.69) is 15.5 Å². The monoisotopic (exact) mass is 455 g/mol. The maximum absolute atomic E-state index is 12.5. The van der Waals surface area contributed by atoms with Crippen molar-refractivity contribution in [2.45, 2.75) is 13.8 Å². The molecule has 5 aromatic rings. The molecule has 0 spiro atoms. The Bertz CT molecular complexity index is 1440. The summed E-state index contributed by atoms with van der Waals surface area (Å²) in [6.07, 6.45) is 0. The van der Waals surface area contributed by atoms with E-state index in [9.17, 15) is 4.79 Å². The number of anilines is 1. The number of fused-ring (bicyclic) bond motifs is 1. The summed E-state index contributed by atoms with van der Waals surface area (Å²) < 4.78 is 7.45. The van der Waals surface area contributed by atoms with Gasteiger partial charge in [-0.2, -0.15) is 9.61 Å². The van der Waals surface area contributed by atoms with Crippen molar-refractivity contribution >= 4 is 28.6 Å². The topological polar surface area (TPSA) is 81.4 Å². The standard InChI is InChI=1S/C25H21N5O2S/c1-16-6-3-9-21(17(16)2)32-15-24(31)26-19-8-4-7-18(14-19)20-11-12-23-27-28-25(30(23)29-20)22-10-5-13-33-22/h3-14H,15H2,1-2H3,(H,26,31).